The van der Waals surface area contributed by atoms with Crippen molar-refractivity contribution in [1.29, 1.82) is 0 Å². The summed E-state index contributed by atoms with van der Waals surface area (Å²) in [5.41, 5.74) is 2.45. The summed E-state index contributed by atoms with van der Waals surface area (Å²) in [6, 6.07) is 0. The van der Waals surface area contributed by atoms with Gasteiger partial charge in [-0.1, -0.05) is 58.1 Å². The molecule has 0 aromatic carbocycles. The average Bonchev–Trinajstić information content (AvgIpc) is 3.21. The molecule has 220 valence electrons. The molecule has 3 aliphatic rings. The highest BCUT2D eigenvalue weighted by Gasteiger charge is 2.50. The number of hydrogen-bond donors (Lipinski definition) is 2. The monoisotopic (exact) mass is 562 g/mol. The van der Waals surface area contributed by atoms with E-state index in [-0.39, 0.29) is 36.2 Å². The number of rotatable bonds is 11. The van der Waals surface area contributed by atoms with Gasteiger partial charge in [-0.05, 0) is 98.7 Å². The molecule has 6 nitrogen and oxygen atoms in total. The summed E-state index contributed by atoms with van der Waals surface area (Å²) in [6.07, 6.45) is 13.2. The Bertz CT molecular complexity index is 1020. The summed E-state index contributed by atoms with van der Waals surface area (Å²) in [6.45, 7) is 16.4. The van der Waals surface area contributed by atoms with Gasteiger partial charge in [-0.3, -0.25) is 9.36 Å². The molecule has 0 aromatic rings. The minimum atomic E-state index is -3.56. The fourth-order valence-corrected chi connectivity index (χ4v) is 9.74. The summed E-state index contributed by atoms with van der Waals surface area (Å²) in [7, 11) is -3.56. The van der Waals surface area contributed by atoms with E-state index in [1.165, 1.54) is 5.57 Å². The molecule has 3 aliphatic carbocycles. The minimum Gasteiger partial charge on any atom is -0.393 e. The lowest BCUT2D eigenvalue weighted by molar-refractivity contribution is -0.115. The van der Waals surface area contributed by atoms with E-state index < -0.39 is 25.5 Å². The molecule has 0 amide bonds. The van der Waals surface area contributed by atoms with E-state index in [2.05, 4.69) is 32.6 Å². The van der Waals surface area contributed by atoms with Crippen molar-refractivity contribution in [2.75, 3.05) is 13.2 Å². The molecule has 3 rings (SSSR count). The Labute approximate surface area is 236 Å². The van der Waals surface area contributed by atoms with E-state index in [1.807, 2.05) is 19.9 Å². The number of carbonyl (C=O) groups is 1. The summed E-state index contributed by atoms with van der Waals surface area (Å²) in [5, 5.41) is 20.3. The number of aliphatic hydroxyl groups excluding tert-OH is 2. The van der Waals surface area contributed by atoms with Crippen LogP contribution in [0.1, 0.15) is 86.5 Å². The Hall–Kier alpha value is -1.30. The quantitative estimate of drug-likeness (QED) is 0.205. The molecule has 0 saturated heterocycles. The predicted octanol–water partition coefficient (Wildman–Crippen LogP) is 7.18. The van der Waals surface area contributed by atoms with Gasteiger partial charge in [-0.25, -0.2) is 0 Å². The van der Waals surface area contributed by atoms with Gasteiger partial charge in [0.15, 0.2) is 5.78 Å². The van der Waals surface area contributed by atoms with Gasteiger partial charge in [0.05, 0.1) is 25.4 Å². The van der Waals surface area contributed by atoms with Crippen LogP contribution in [0, 0.1) is 29.1 Å². The van der Waals surface area contributed by atoms with Crippen molar-refractivity contribution in [1.82, 2.24) is 0 Å². The van der Waals surface area contributed by atoms with Gasteiger partial charge in [-0.2, -0.15) is 0 Å². The van der Waals surface area contributed by atoms with Gasteiger partial charge in [0.25, 0.3) is 0 Å². The van der Waals surface area contributed by atoms with Crippen LogP contribution in [-0.2, 0) is 18.4 Å². The van der Waals surface area contributed by atoms with E-state index in [0.29, 0.717) is 24.7 Å². The van der Waals surface area contributed by atoms with E-state index in [4.69, 9.17) is 9.05 Å². The van der Waals surface area contributed by atoms with E-state index in [1.54, 1.807) is 19.9 Å². The van der Waals surface area contributed by atoms with Crippen LogP contribution in [0.25, 0.3) is 0 Å². The van der Waals surface area contributed by atoms with Crippen molar-refractivity contribution in [2.24, 2.45) is 29.1 Å². The highest BCUT2D eigenvalue weighted by molar-refractivity contribution is 7.55. The third-order valence-corrected chi connectivity index (χ3v) is 12.2. The maximum atomic E-state index is 13.5. The van der Waals surface area contributed by atoms with Gasteiger partial charge < -0.3 is 19.3 Å². The lowest BCUT2D eigenvalue weighted by atomic mass is 9.61. The standard InChI is InChI=1S/C32H51O6P/c1-8-37-39(36,38-9-2)31(21(3)4)29(34)17-12-22(5)27-15-16-28-24(11-10-18-32(27,28)7)13-14-25-19-26(33)20-30(35)23(25)6/h12-14,17,21-22,26-28,30-31,33,35H,6,8-11,15-16,18-20H2,1-5,7H3/b17-12+,24-13-,25-14+/t22?,26-,27?,28+,30+,31?,32-/m1/s1. The third kappa shape index (κ3) is 7.13. The lowest BCUT2D eigenvalue weighted by Crippen LogP contribution is -2.35. The molecule has 3 saturated carbocycles. The Balaban J connectivity index is 1.77. The lowest BCUT2D eigenvalue weighted by Gasteiger charge is -2.44. The van der Waals surface area contributed by atoms with Gasteiger partial charge in [0, 0.05) is 6.42 Å². The normalized spacial score (nSPS) is 33.7. The summed E-state index contributed by atoms with van der Waals surface area (Å²) in [4.78, 5) is 13.3. The van der Waals surface area contributed by atoms with Crippen molar-refractivity contribution < 1.29 is 28.6 Å². The molecule has 7 heteroatoms. The van der Waals surface area contributed by atoms with Gasteiger partial charge in [0.2, 0.25) is 0 Å². The predicted molar refractivity (Wildman–Crippen MR) is 158 cm³/mol. The first-order chi connectivity index (χ1) is 18.4. The summed E-state index contributed by atoms with van der Waals surface area (Å²) in [5.74, 6) is 0.772. The Kier molecular flexibility index (Phi) is 11.2. The smallest absolute Gasteiger partial charge is 0.341 e. The van der Waals surface area contributed by atoms with Gasteiger partial charge in [-0.15, -0.1) is 0 Å². The second kappa shape index (κ2) is 13.6. The SMILES string of the molecule is C=C1/C(=C/C=C2/CCC[C@]3(C)C(C(C)/C=C/C(=O)C(C(C)C)P(=O)(OCC)OCC)CC[C@@H]23)C[C@@H](O)C[C@@H]1O. The van der Waals surface area contributed by atoms with Crippen molar-refractivity contribution in [3.8, 4) is 0 Å². The van der Waals surface area contributed by atoms with Crippen LogP contribution in [-0.4, -0.2) is 47.1 Å². The Morgan fingerprint density at radius 2 is 1.82 bits per heavy atom. The largest absolute Gasteiger partial charge is 0.393 e. The fourth-order valence-electron chi connectivity index (χ4n) is 7.49. The molecule has 7 atom stereocenters. The van der Waals surface area contributed by atoms with Crippen LogP contribution in [0.15, 0.2) is 47.6 Å². The van der Waals surface area contributed by atoms with Crippen molar-refractivity contribution in [3.63, 3.8) is 0 Å². The molecule has 0 spiro atoms. The van der Waals surface area contributed by atoms with E-state index in [9.17, 15) is 19.6 Å². The number of allylic oxidation sites excluding steroid dienone is 5. The second-order valence-electron chi connectivity index (χ2n) is 12.3. The number of carbonyl (C=O) groups excluding carboxylic acids is 1. The molecular weight excluding hydrogens is 511 g/mol. The molecule has 39 heavy (non-hydrogen) atoms. The van der Waals surface area contributed by atoms with Crippen molar-refractivity contribution in [2.45, 2.75) is 104 Å². The summed E-state index contributed by atoms with van der Waals surface area (Å²) < 4.78 is 24.5. The van der Waals surface area contributed by atoms with E-state index in [0.717, 1.165) is 43.3 Å². The van der Waals surface area contributed by atoms with Gasteiger partial charge in [0.1, 0.15) is 5.66 Å². The number of hydrogen-bond acceptors (Lipinski definition) is 6. The molecule has 3 fully saturated rings. The zero-order valence-electron chi connectivity index (χ0n) is 24.9. The van der Waals surface area contributed by atoms with Gasteiger partial charge >= 0.3 is 7.60 Å². The van der Waals surface area contributed by atoms with Crippen molar-refractivity contribution >= 4 is 13.4 Å². The first-order valence-corrected chi connectivity index (χ1v) is 16.5. The number of aliphatic hydroxyl groups is 2. The van der Waals surface area contributed by atoms with E-state index >= 15 is 0 Å². The zero-order valence-corrected chi connectivity index (χ0v) is 25.8. The first-order valence-electron chi connectivity index (χ1n) is 14.9. The van der Waals surface area contributed by atoms with Crippen LogP contribution in [0.4, 0.5) is 0 Å². The Morgan fingerprint density at radius 1 is 1.15 bits per heavy atom. The molecule has 0 heterocycles. The van der Waals surface area contributed by atoms with Crippen molar-refractivity contribution in [3.05, 3.63) is 47.6 Å². The first kappa shape index (κ1) is 32.2. The second-order valence-corrected chi connectivity index (χ2v) is 14.5. The maximum absolute atomic E-state index is 13.5. The Morgan fingerprint density at radius 3 is 2.44 bits per heavy atom. The summed E-state index contributed by atoms with van der Waals surface area (Å²) >= 11 is 0. The fraction of sp³-hybridized carbons (Fsp3) is 0.719. The average molecular weight is 563 g/mol. The highest BCUT2D eigenvalue weighted by atomic mass is 31.2. The molecular formula is C32H51O6P. The number of ketones is 1. The minimum absolute atomic E-state index is 0.140. The number of fused-ring (bicyclic) bond motifs is 1. The van der Waals surface area contributed by atoms with Crippen LogP contribution >= 0.6 is 7.60 Å². The molecule has 2 N–H and O–H groups in total. The van der Waals surface area contributed by atoms with Crippen LogP contribution in [0.3, 0.4) is 0 Å². The van der Waals surface area contributed by atoms with Crippen LogP contribution in [0.5, 0.6) is 0 Å². The molecule has 0 aromatic heterocycles. The maximum Gasteiger partial charge on any atom is 0.341 e. The molecule has 0 radical (unpaired) electrons. The molecule has 0 aliphatic heterocycles. The third-order valence-electron chi connectivity index (χ3n) is 9.38. The molecule has 0 bridgehead atoms. The highest BCUT2D eigenvalue weighted by Crippen LogP contribution is 2.60. The van der Waals surface area contributed by atoms with Crippen LogP contribution < -0.4 is 0 Å². The topological polar surface area (TPSA) is 93.1 Å². The molecule has 3 unspecified atom stereocenters. The zero-order chi connectivity index (χ0) is 29.0. The van der Waals surface area contributed by atoms with Crippen LogP contribution in [0.2, 0.25) is 0 Å².